The number of amides is 3. The number of benzene rings is 1. The fraction of sp³-hybridized carbons (Fsp3) is 0.500. The number of ether oxygens (including phenoxy) is 1. The van der Waals surface area contributed by atoms with E-state index >= 15 is 0 Å². The van der Waals surface area contributed by atoms with Crippen molar-refractivity contribution >= 4 is 17.7 Å². The van der Waals surface area contributed by atoms with Crippen molar-refractivity contribution in [1.29, 1.82) is 0 Å². The largest absolute Gasteiger partial charge is 0.376 e. The molecule has 1 aromatic rings. The summed E-state index contributed by atoms with van der Waals surface area (Å²) >= 11 is 0. The summed E-state index contributed by atoms with van der Waals surface area (Å²) in [5.41, 5.74) is 0.722. The molecule has 0 aromatic heterocycles. The van der Waals surface area contributed by atoms with E-state index < -0.39 is 17.9 Å². The summed E-state index contributed by atoms with van der Waals surface area (Å²) in [5.74, 6) is -1.30. The Morgan fingerprint density at radius 2 is 1.88 bits per heavy atom. The van der Waals surface area contributed by atoms with E-state index in [1.807, 2.05) is 13.8 Å². The first-order valence-corrected chi connectivity index (χ1v) is 8.37. The van der Waals surface area contributed by atoms with Crippen molar-refractivity contribution in [3.63, 3.8) is 0 Å². The van der Waals surface area contributed by atoms with Crippen LogP contribution >= 0.6 is 0 Å². The molecular formula is C18H22N2O4. The Morgan fingerprint density at radius 1 is 1.25 bits per heavy atom. The predicted molar refractivity (Wildman–Crippen MR) is 87.6 cm³/mol. The monoisotopic (exact) mass is 330 g/mol. The molecule has 2 heterocycles. The van der Waals surface area contributed by atoms with E-state index in [4.69, 9.17) is 4.74 Å². The number of carbonyl (C=O) groups excluding carboxylic acids is 3. The first kappa shape index (κ1) is 16.6. The molecule has 1 fully saturated rings. The summed E-state index contributed by atoms with van der Waals surface area (Å²) in [6.45, 7) is 4.79. The minimum absolute atomic E-state index is 0.0175. The molecule has 1 saturated heterocycles. The number of rotatable bonds is 5. The highest BCUT2D eigenvalue weighted by Gasteiger charge is 2.43. The molecule has 0 radical (unpaired) electrons. The first-order chi connectivity index (χ1) is 11.5. The third-order valence-corrected chi connectivity index (χ3v) is 4.53. The van der Waals surface area contributed by atoms with Crippen molar-refractivity contribution in [1.82, 2.24) is 10.2 Å². The number of nitrogens with one attached hydrogen (secondary N) is 1. The fourth-order valence-electron chi connectivity index (χ4n) is 3.30. The molecular weight excluding hydrogens is 308 g/mol. The number of nitrogens with zero attached hydrogens (tertiary/aromatic N) is 1. The lowest BCUT2D eigenvalue weighted by Gasteiger charge is -2.28. The van der Waals surface area contributed by atoms with Gasteiger partial charge in [0, 0.05) is 13.2 Å². The van der Waals surface area contributed by atoms with Crippen molar-refractivity contribution in [3.8, 4) is 0 Å². The van der Waals surface area contributed by atoms with Crippen LogP contribution in [-0.4, -0.2) is 47.9 Å². The SMILES string of the molecule is CC(C)[C@@H](C(=O)NC[C@@H]1CCCO1)N1C(=O)c2ccccc2C1=O. The van der Waals surface area contributed by atoms with Crippen molar-refractivity contribution < 1.29 is 19.1 Å². The second-order valence-electron chi connectivity index (χ2n) is 6.59. The lowest BCUT2D eigenvalue weighted by Crippen LogP contribution is -2.53. The van der Waals surface area contributed by atoms with Gasteiger partial charge in [0.2, 0.25) is 5.91 Å². The van der Waals surface area contributed by atoms with Gasteiger partial charge in [0.1, 0.15) is 6.04 Å². The van der Waals surface area contributed by atoms with Gasteiger partial charge >= 0.3 is 0 Å². The van der Waals surface area contributed by atoms with E-state index in [0.29, 0.717) is 24.3 Å². The van der Waals surface area contributed by atoms with Crippen LogP contribution in [0.5, 0.6) is 0 Å². The highest BCUT2D eigenvalue weighted by Crippen LogP contribution is 2.27. The molecule has 128 valence electrons. The van der Waals surface area contributed by atoms with Gasteiger partial charge in [-0.2, -0.15) is 0 Å². The van der Waals surface area contributed by atoms with Gasteiger partial charge < -0.3 is 10.1 Å². The van der Waals surface area contributed by atoms with Crippen LogP contribution in [-0.2, 0) is 9.53 Å². The van der Waals surface area contributed by atoms with E-state index in [2.05, 4.69) is 5.32 Å². The van der Waals surface area contributed by atoms with Crippen LogP contribution in [0.15, 0.2) is 24.3 Å². The van der Waals surface area contributed by atoms with Crippen LogP contribution in [0.2, 0.25) is 0 Å². The maximum atomic E-state index is 12.7. The molecule has 3 amide bonds. The fourth-order valence-corrected chi connectivity index (χ4v) is 3.30. The smallest absolute Gasteiger partial charge is 0.262 e. The number of hydrogen-bond donors (Lipinski definition) is 1. The topological polar surface area (TPSA) is 75.7 Å². The Kier molecular flexibility index (Phi) is 4.66. The summed E-state index contributed by atoms with van der Waals surface area (Å²) in [7, 11) is 0. The molecule has 2 aliphatic rings. The minimum Gasteiger partial charge on any atom is -0.376 e. The summed E-state index contributed by atoms with van der Waals surface area (Å²) < 4.78 is 5.50. The summed E-state index contributed by atoms with van der Waals surface area (Å²) in [4.78, 5) is 39.0. The third-order valence-electron chi connectivity index (χ3n) is 4.53. The Hall–Kier alpha value is -2.21. The van der Waals surface area contributed by atoms with Gasteiger partial charge in [-0.3, -0.25) is 19.3 Å². The Labute approximate surface area is 141 Å². The second-order valence-corrected chi connectivity index (χ2v) is 6.59. The first-order valence-electron chi connectivity index (χ1n) is 8.37. The highest BCUT2D eigenvalue weighted by atomic mass is 16.5. The van der Waals surface area contributed by atoms with E-state index in [1.54, 1.807) is 24.3 Å². The lowest BCUT2D eigenvalue weighted by atomic mass is 10.0. The standard InChI is InChI=1S/C18H22N2O4/c1-11(2)15(16(21)19-10-12-6-5-9-24-12)20-17(22)13-7-3-4-8-14(13)18(20)23/h3-4,7-8,11-12,15H,5-6,9-10H2,1-2H3,(H,19,21)/t12-,15-/m0/s1. The predicted octanol–water partition coefficient (Wildman–Crippen LogP) is 1.60. The summed E-state index contributed by atoms with van der Waals surface area (Å²) in [6.07, 6.45) is 1.93. The number of carbonyl (C=O) groups is 3. The lowest BCUT2D eigenvalue weighted by molar-refractivity contribution is -0.126. The third kappa shape index (κ3) is 2.94. The molecule has 2 atom stereocenters. The minimum atomic E-state index is -0.821. The summed E-state index contributed by atoms with van der Waals surface area (Å²) in [6, 6.07) is 5.86. The van der Waals surface area contributed by atoms with Gasteiger partial charge in [0.05, 0.1) is 17.2 Å². The average Bonchev–Trinajstić information content (AvgIpc) is 3.16. The summed E-state index contributed by atoms with van der Waals surface area (Å²) in [5, 5.41) is 2.84. The number of imide groups is 1. The van der Waals surface area contributed by atoms with Gasteiger partial charge in [0.25, 0.3) is 11.8 Å². The molecule has 2 aliphatic heterocycles. The zero-order chi connectivity index (χ0) is 17.3. The van der Waals surface area contributed by atoms with Crippen LogP contribution in [0.25, 0.3) is 0 Å². The maximum Gasteiger partial charge on any atom is 0.262 e. The van der Waals surface area contributed by atoms with Crippen LogP contribution in [0.3, 0.4) is 0 Å². The van der Waals surface area contributed by atoms with E-state index in [9.17, 15) is 14.4 Å². The molecule has 0 aliphatic carbocycles. The maximum absolute atomic E-state index is 12.7. The Morgan fingerprint density at radius 3 is 2.38 bits per heavy atom. The molecule has 0 unspecified atom stereocenters. The Bertz CT molecular complexity index is 630. The second kappa shape index (κ2) is 6.73. The van der Waals surface area contributed by atoms with Crippen LogP contribution < -0.4 is 5.32 Å². The normalized spacial score (nSPS) is 21.3. The van der Waals surface area contributed by atoms with Crippen LogP contribution in [0.1, 0.15) is 47.4 Å². The van der Waals surface area contributed by atoms with Gasteiger partial charge in [0.15, 0.2) is 0 Å². The van der Waals surface area contributed by atoms with Gasteiger partial charge in [-0.25, -0.2) is 0 Å². The van der Waals surface area contributed by atoms with Crippen LogP contribution in [0.4, 0.5) is 0 Å². The Balaban J connectivity index is 1.77. The number of hydrogen-bond acceptors (Lipinski definition) is 4. The average molecular weight is 330 g/mol. The van der Waals surface area contributed by atoms with E-state index in [1.165, 1.54) is 0 Å². The molecule has 1 aromatic carbocycles. The quantitative estimate of drug-likeness (QED) is 0.832. The van der Waals surface area contributed by atoms with Crippen LogP contribution in [0, 0.1) is 5.92 Å². The molecule has 3 rings (SSSR count). The molecule has 6 nitrogen and oxygen atoms in total. The molecule has 6 heteroatoms. The highest BCUT2D eigenvalue weighted by molar-refractivity contribution is 6.22. The van der Waals surface area contributed by atoms with E-state index in [-0.39, 0.29) is 17.9 Å². The van der Waals surface area contributed by atoms with E-state index in [0.717, 1.165) is 17.7 Å². The molecule has 0 spiro atoms. The van der Waals surface area contributed by atoms with Gasteiger partial charge in [-0.1, -0.05) is 26.0 Å². The number of fused-ring (bicyclic) bond motifs is 1. The van der Waals surface area contributed by atoms with Crippen molar-refractivity contribution in [2.24, 2.45) is 5.92 Å². The molecule has 0 bridgehead atoms. The molecule has 0 saturated carbocycles. The molecule has 1 N–H and O–H groups in total. The van der Waals surface area contributed by atoms with Crippen molar-refractivity contribution in [2.75, 3.05) is 13.2 Å². The van der Waals surface area contributed by atoms with Gasteiger partial charge in [-0.05, 0) is 30.9 Å². The zero-order valence-corrected chi connectivity index (χ0v) is 14.0. The molecule has 24 heavy (non-hydrogen) atoms. The van der Waals surface area contributed by atoms with Crippen molar-refractivity contribution in [2.45, 2.75) is 38.8 Å². The zero-order valence-electron chi connectivity index (χ0n) is 14.0. The van der Waals surface area contributed by atoms with Gasteiger partial charge in [-0.15, -0.1) is 0 Å². The van der Waals surface area contributed by atoms with Crippen molar-refractivity contribution in [3.05, 3.63) is 35.4 Å².